The smallest absolute Gasteiger partial charge is 0.343 e. The van der Waals surface area contributed by atoms with Crippen molar-refractivity contribution >= 4 is 29.7 Å². The standard InChI is InChI=1S/C26H23ClO4/c1-3-19-5-10-22(11-6-19)26(28)31-25-14-9-21(17-24(25)27)15-16-29-18-30-23-12-7-20(4-2)8-13-23/h3-14,17H,1-2,15-16,18H2. The van der Waals surface area contributed by atoms with Gasteiger partial charge in [-0.25, -0.2) is 4.79 Å². The number of esters is 1. The molecule has 5 heteroatoms. The first-order chi connectivity index (χ1) is 15.1. The molecule has 0 unspecified atom stereocenters. The van der Waals surface area contributed by atoms with Crippen molar-refractivity contribution in [3.05, 3.63) is 107 Å². The third-order valence-corrected chi connectivity index (χ3v) is 4.84. The van der Waals surface area contributed by atoms with Crippen molar-refractivity contribution in [1.29, 1.82) is 0 Å². The van der Waals surface area contributed by atoms with Crippen LogP contribution in [0.25, 0.3) is 12.2 Å². The summed E-state index contributed by atoms with van der Waals surface area (Å²) in [5, 5.41) is 0.368. The van der Waals surface area contributed by atoms with Crippen LogP contribution in [0.4, 0.5) is 0 Å². The molecule has 0 fully saturated rings. The van der Waals surface area contributed by atoms with E-state index in [2.05, 4.69) is 13.2 Å². The Morgan fingerprint density at radius 1 is 0.903 bits per heavy atom. The molecular weight excluding hydrogens is 412 g/mol. The van der Waals surface area contributed by atoms with E-state index in [1.54, 1.807) is 48.6 Å². The number of hydrogen-bond acceptors (Lipinski definition) is 4. The minimum atomic E-state index is -0.466. The normalized spacial score (nSPS) is 10.4. The molecule has 0 bridgehead atoms. The lowest BCUT2D eigenvalue weighted by Crippen LogP contribution is -2.09. The summed E-state index contributed by atoms with van der Waals surface area (Å²) in [5.41, 5.74) is 3.37. The summed E-state index contributed by atoms with van der Waals surface area (Å²) < 4.78 is 16.5. The second kappa shape index (κ2) is 11.2. The highest BCUT2D eigenvalue weighted by Gasteiger charge is 2.11. The minimum absolute atomic E-state index is 0.154. The fourth-order valence-corrected chi connectivity index (χ4v) is 3.00. The fourth-order valence-electron chi connectivity index (χ4n) is 2.76. The topological polar surface area (TPSA) is 44.8 Å². The van der Waals surface area contributed by atoms with E-state index in [9.17, 15) is 4.79 Å². The second-order valence-electron chi connectivity index (χ2n) is 6.67. The van der Waals surface area contributed by atoms with Gasteiger partial charge in [0.25, 0.3) is 0 Å². The van der Waals surface area contributed by atoms with Crippen molar-refractivity contribution in [1.82, 2.24) is 0 Å². The Bertz CT molecular complexity index is 1040. The van der Waals surface area contributed by atoms with E-state index in [1.807, 2.05) is 30.3 Å². The highest BCUT2D eigenvalue weighted by molar-refractivity contribution is 6.32. The van der Waals surface area contributed by atoms with E-state index in [4.69, 9.17) is 25.8 Å². The number of benzene rings is 3. The van der Waals surface area contributed by atoms with E-state index in [0.717, 1.165) is 22.4 Å². The maximum Gasteiger partial charge on any atom is 0.343 e. The van der Waals surface area contributed by atoms with Crippen LogP contribution in [0.5, 0.6) is 11.5 Å². The Balaban J connectivity index is 1.45. The molecule has 0 N–H and O–H groups in total. The first kappa shape index (κ1) is 22.3. The Morgan fingerprint density at radius 2 is 1.55 bits per heavy atom. The van der Waals surface area contributed by atoms with Gasteiger partial charge in [0.1, 0.15) is 11.5 Å². The third-order valence-electron chi connectivity index (χ3n) is 4.54. The van der Waals surface area contributed by atoms with E-state index in [1.165, 1.54) is 0 Å². The van der Waals surface area contributed by atoms with E-state index < -0.39 is 5.97 Å². The fraction of sp³-hybridized carbons (Fsp3) is 0.115. The lowest BCUT2D eigenvalue weighted by Gasteiger charge is -2.10. The highest BCUT2D eigenvalue weighted by atomic mass is 35.5. The van der Waals surface area contributed by atoms with Gasteiger partial charge in [-0.1, -0.05) is 67.2 Å². The number of halogens is 1. The summed E-state index contributed by atoms with van der Waals surface area (Å²) >= 11 is 6.29. The maximum atomic E-state index is 12.3. The van der Waals surface area contributed by atoms with Crippen LogP contribution < -0.4 is 9.47 Å². The van der Waals surface area contributed by atoms with Crippen molar-refractivity contribution in [2.24, 2.45) is 0 Å². The van der Waals surface area contributed by atoms with Crippen LogP contribution in [-0.2, 0) is 11.2 Å². The summed E-state index contributed by atoms with van der Waals surface area (Å²) in [6.45, 7) is 8.03. The molecule has 0 spiro atoms. The highest BCUT2D eigenvalue weighted by Crippen LogP contribution is 2.26. The van der Waals surface area contributed by atoms with Crippen LogP contribution in [0.1, 0.15) is 27.0 Å². The first-order valence-electron chi connectivity index (χ1n) is 9.75. The molecule has 3 aromatic rings. The van der Waals surface area contributed by atoms with Gasteiger partial charge >= 0.3 is 5.97 Å². The average molecular weight is 435 g/mol. The van der Waals surface area contributed by atoms with E-state index in [-0.39, 0.29) is 6.79 Å². The number of ether oxygens (including phenoxy) is 3. The Kier molecular flexibility index (Phi) is 8.05. The maximum absolute atomic E-state index is 12.3. The van der Waals surface area contributed by atoms with Gasteiger partial charge in [0.15, 0.2) is 6.79 Å². The van der Waals surface area contributed by atoms with Crippen LogP contribution in [-0.4, -0.2) is 19.4 Å². The molecule has 31 heavy (non-hydrogen) atoms. The van der Waals surface area contributed by atoms with Crippen LogP contribution in [0, 0.1) is 0 Å². The molecule has 0 saturated carbocycles. The first-order valence-corrected chi connectivity index (χ1v) is 10.1. The molecule has 4 nitrogen and oxygen atoms in total. The van der Waals surface area contributed by atoms with Gasteiger partial charge in [-0.2, -0.15) is 0 Å². The quantitative estimate of drug-likeness (QED) is 0.159. The Morgan fingerprint density at radius 3 is 2.16 bits per heavy atom. The zero-order chi connectivity index (χ0) is 22.1. The molecular formula is C26H23ClO4. The zero-order valence-corrected chi connectivity index (χ0v) is 17.8. The van der Waals surface area contributed by atoms with Crippen molar-refractivity contribution in [3.8, 4) is 11.5 Å². The van der Waals surface area contributed by atoms with Gasteiger partial charge in [0.05, 0.1) is 17.2 Å². The van der Waals surface area contributed by atoms with Gasteiger partial charge in [-0.15, -0.1) is 0 Å². The van der Waals surface area contributed by atoms with E-state index >= 15 is 0 Å². The molecule has 0 amide bonds. The largest absolute Gasteiger partial charge is 0.468 e. The number of hydrogen-bond donors (Lipinski definition) is 0. The monoisotopic (exact) mass is 434 g/mol. The molecule has 3 aromatic carbocycles. The lowest BCUT2D eigenvalue weighted by molar-refractivity contribution is 0.0169. The number of carbonyl (C=O) groups excluding carboxylic acids is 1. The van der Waals surface area contributed by atoms with Gasteiger partial charge < -0.3 is 14.2 Å². The van der Waals surface area contributed by atoms with Gasteiger partial charge in [0.2, 0.25) is 0 Å². The zero-order valence-electron chi connectivity index (χ0n) is 17.1. The number of rotatable bonds is 10. The van der Waals surface area contributed by atoms with Gasteiger partial charge in [-0.3, -0.25) is 0 Å². The lowest BCUT2D eigenvalue weighted by atomic mass is 10.1. The van der Waals surface area contributed by atoms with Crippen molar-refractivity contribution in [2.45, 2.75) is 6.42 Å². The van der Waals surface area contributed by atoms with Gasteiger partial charge in [-0.05, 0) is 59.5 Å². The molecule has 0 aliphatic rings. The molecule has 0 radical (unpaired) electrons. The Labute approximate surface area is 187 Å². The summed E-state index contributed by atoms with van der Waals surface area (Å²) in [6, 6.07) is 19.9. The summed E-state index contributed by atoms with van der Waals surface area (Å²) in [5.74, 6) is 0.584. The SMILES string of the molecule is C=Cc1ccc(OCOCCc2ccc(OC(=O)c3ccc(C=C)cc3)c(Cl)c2)cc1. The molecule has 0 aliphatic heterocycles. The van der Waals surface area contributed by atoms with Gasteiger partial charge in [0, 0.05) is 0 Å². The van der Waals surface area contributed by atoms with Crippen LogP contribution in [0.2, 0.25) is 5.02 Å². The molecule has 3 rings (SSSR count). The molecule has 158 valence electrons. The minimum Gasteiger partial charge on any atom is -0.468 e. The van der Waals surface area contributed by atoms with Crippen LogP contribution in [0.15, 0.2) is 79.9 Å². The van der Waals surface area contributed by atoms with Crippen LogP contribution in [0.3, 0.4) is 0 Å². The second-order valence-corrected chi connectivity index (χ2v) is 7.08. The summed E-state index contributed by atoms with van der Waals surface area (Å²) in [4.78, 5) is 12.3. The molecule has 0 saturated heterocycles. The molecule has 0 aliphatic carbocycles. The van der Waals surface area contributed by atoms with Crippen molar-refractivity contribution in [2.75, 3.05) is 13.4 Å². The van der Waals surface area contributed by atoms with Crippen molar-refractivity contribution in [3.63, 3.8) is 0 Å². The van der Waals surface area contributed by atoms with Crippen LogP contribution >= 0.6 is 11.6 Å². The predicted molar refractivity (Wildman–Crippen MR) is 125 cm³/mol. The molecule has 0 atom stereocenters. The molecule has 0 aromatic heterocycles. The Hall–Kier alpha value is -3.34. The summed E-state index contributed by atoms with van der Waals surface area (Å²) in [7, 11) is 0. The predicted octanol–water partition coefficient (Wildman–Crippen LogP) is 6.44. The molecule has 0 heterocycles. The number of carbonyl (C=O) groups is 1. The summed E-state index contributed by atoms with van der Waals surface area (Å²) in [6.07, 6.45) is 4.13. The van der Waals surface area contributed by atoms with E-state index in [0.29, 0.717) is 29.4 Å². The third kappa shape index (κ3) is 6.57. The van der Waals surface area contributed by atoms with Crippen molar-refractivity contribution < 1.29 is 19.0 Å². The average Bonchev–Trinajstić information content (AvgIpc) is 2.81.